The van der Waals surface area contributed by atoms with Crippen molar-refractivity contribution < 1.29 is 24.2 Å². The summed E-state index contributed by atoms with van der Waals surface area (Å²) in [4.78, 5) is 44.6. The maximum atomic E-state index is 14.0. The number of aliphatic hydroxyl groups excluding tert-OH is 1. The Balaban J connectivity index is 1.95. The Morgan fingerprint density at radius 1 is 1.26 bits per heavy atom. The number of nitrogens with zero attached hydrogens (tertiary/aromatic N) is 2. The molecule has 190 valence electrons. The van der Waals surface area contributed by atoms with Gasteiger partial charge in [-0.3, -0.25) is 14.4 Å². The predicted octanol–water partition coefficient (Wildman–Crippen LogP) is 3.17. The number of esters is 1. The molecular weight excluding hydrogens is 452 g/mol. The van der Waals surface area contributed by atoms with Crippen molar-refractivity contribution in [3.05, 3.63) is 25.3 Å². The van der Waals surface area contributed by atoms with Crippen LogP contribution in [0.4, 0.5) is 0 Å². The van der Waals surface area contributed by atoms with E-state index in [-0.39, 0.29) is 24.4 Å². The third kappa shape index (κ3) is 4.68. The van der Waals surface area contributed by atoms with E-state index in [9.17, 15) is 19.5 Å². The van der Waals surface area contributed by atoms with Gasteiger partial charge in [0.1, 0.15) is 6.04 Å². The molecule has 0 aromatic rings. The molecule has 3 saturated heterocycles. The maximum Gasteiger partial charge on any atom is 0.311 e. The van der Waals surface area contributed by atoms with E-state index in [1.807, 2.05) is 6.92 Å². The van der Waals surface area contributed by atoms with Crippen LogP contribution in [0.15, 0.2) is 25.3 Å². The van der Waals surface area contributed by atoms with Gasteiger partial charge < -0.3 is 19.6 Å². The van der Waals surface area contributed by atoms with Gasteiger partial charge in [-0.1, -0.05) is 25.5 Å². The van der Waals surface area contributed by atoms with Crippen molar-refractivity contribution in [2.75, 3.05) is 32.8 Å². The second-order valence-corrected chi connectivity index (χ2v) is 11.8. The zero-order valence-electron chi connectivity index (χ0n) is 20.7. The van der Waals surface area contributed by atoms with Crippen molar-refractivity contribution in [3.8, 4) is 0 Å². The fourth-order valence-electron chi connectivity index (χ4n) is 6.00. The first-order chi connectivity index (χ1) is 16.3. The van der Waals surface area contributed by atoms with Crippen LogP contribution in [-0.2, 0) is 19.1 Å². The molecule has 1 N–H and O–H groups in total. The van der Waals surface area contributed by atoms with Crippen molar-refractivity contribution in [2.45, 2.75) is 74.3 Å². The van der Waals surface area contributed by atoms with Gasteiger partial charge in [0.25, 0.3) is 0 Å². The number of ether oxygens (including phenoxy) is 1. The highest BCUT2D eigenvalue weighted by Crippen LogP contribution is 2.71. The van der Waals surface area contributed by atoms with Crippen molar-refractivity contribution in [2.24, 2.45) is 11.8 Å². The number of thioether (sulfide) groups is 1. The lowest BCUT2D eigenvalue weighted by Crippen LogP contribution is -2.55. The summed E-state index contributed by atoms with van der Waals surface area (Å²) in [6.45, 7) is 13.2. The third-order valence-electron chi connectivity index (χ3n) is 7.56. The zero-order chi connectivity index (χ0) is 24.9. The van der Waals surface area contributed by atoms with Gasteiger partial charge in [-0.25, -0.2) is 0 Å². The van der Waals surface area contributed by atoms with Gasteiger partial charge in [-0.15, -0.1) is 24.9 Å². The number of allylic oxidation sites excluding steroid dienone is 1. The van der Waals surface area contributed by atoms with Gasteiger partial charge in [0.2, 0.25) is 11.8 Å². The number of hydrogen-bond acceptors (Lipinski definition) is 6. The molecule has 34 heavy (non-hydrogen) atoms. The molecule has 7 nitrogen and oxygen atoms in total. The first-order valence-corrected chi connectivity index (χ1v) is 13.4. The maximum absolute atomic E-state index is 14.0. The summed E-state index contributed by atoms with van der Waals surface area (Å²) in [5, 5.41) is 9.47. The Hall–Kier alpha value is -1.80. The van der Waals surface area contributed by atoms with Crippen LogP contribution in [-0.4, -0.2) is 81.1 Å². The number of carbonyl (C=O) groups is 3. The van der Waals surface area contributed by atoms with E-state index in [4.69, 9.17) is 4.74 Å². The highest BCUT2D eigenvalue weighted by atomic mass is 32.2. The second-order valence-electron chi connectivity index (χ2n) is 9.86. The quantitative estimate of drug-likeness (QED) is 0.228. The average Bonchev–Trinajstić information content (AvgIpc) is 3.38. The Kier molecular flexibility index (Phi) is 8.90. The molecule has 2 amide bonds. The van der Waals surface area contributed by atoms with Crippen LogP contribution < -0.4 is 0 Å². The van der Waals surface area contributed by atoms with Crippen LogP contribution in [0.25, 0.3) is 0 Å². The standard InChI is InChI=1S/C26H40N2O5S/c1-5-8-10-18-33-24(32)20-19-22(30)28(16-11-17-29)21(26(19)13-12-25(20,4)34-26)23(31)27(14-7-3)15-9-6-2/h5,7,19-21,29H,1,3,6,8-18H2,2,4H3/t19-,20+,21?,25-,26?/m0/s1. The van der Waals surface area contributed by atoms with E-state index in [1.54, 1.807) is 33.7 Å². The highest BCUT2D eigenvalue weighted by molar-refractivity contribution is 8.02. The molecule has 0 radical (unpaired) electrons. The molecule has 2 bridgehead atoms. The zero-order valence-corrected chi connectivity index (χ0v) is 21.5. The normalized spacial score (nSPS) is 31.4. The summed E-state index contributed by atoms with van der Waals surface area (Å²) in [6.07, 6.45) is 8.69. The molecule has 8 heteroatoms. The monoisotopic (exact) mass is 492 g/mol. The first-order valence-electron chi connectivity index (χ1n) is 12.6. The van der Waals surface area contributed by atoms with E-state index in [1.165, 1.54) is 0 Å². The number of amides is 2. The minimum Gasteiger partial charge on any atom is -0.465 e. The number of rotatable bonds is 14. The van der Waals surface area contributed by atoms with Gasteiger partial charge in [0, 0.05) is 31.0 Å². The number of likely N-dealkylation sites (tertiary alicyclic amines) is 1. The van der Waals surface area contributed by atoms with E-state index in [0.717, 1.165) is 25.7 Å². The van der Waals surface area contributed by atoms with E-state index in [0.29, 0.717) is 45.5 Å². The molecule has 5 atom stereocenters. The molecule has 0 aromatic carbocycles. The van der Waals surface area contributed by atoms with Crippen molar-refractivity contribution in [1.29, 1.82) is 0 Å². The van der Waals surface area contributed by atoms with Crippen LogP contribution in [0, 0.1) is 11.8 Å². The lowest BCUT2D eigenvalue weighted by Gasteiger charge is -2.37. The largest absolute Gasteiger partial charge is 0.465 e. The Morgan fingerprint density at radius 3 is 2.68 bits per heavy atom. The number of hydrogen-bond donors (Lipinski definition) is 1. The van der Waals surface area contributed by atoms with E-state index in [2.05, 4.69) is 20.1 Å². The average molecular weight is 493 g/mol. The Labute approximate surface area is 208 Å². The number of carbonyl (C=O) groups excluding carboxylic acids is 3. The van der Waals surface area contributed by atoms with Crippen LogP contribution in [0.3, 0.4) is 0 Å². The minimum absolute atomic E-state index is 0.0613. The molecule has 3 heterocycles. The number of aliphatic hydroxyl groups is 1. The second kappa shape index (κ2) is 11.3. The molecule has 3 aliphatic heterocycles. The van der Waals surface area contributed by atoms with Gasteiger partial charge >= 0.3 is 5.97 Å². The van der Waals surface area contributed by atoms with Crippen molar-refractivity contribution in [3.63, 3.8) is 0 Å². The molecule has 0 aliphatic carbocycles. The predicted molar refractivity (Wildman–Crippen MR) is 134 cm³/mol. The molecule has 3 rings (SSSR count). The fraction of sp³-hybridized carbons (Fsp3) is 0.731. The van der Waals surface area contributed by atoms with Crippen molar-refractivity contribution in [1.82, 2.24) is 9.80 Å². The number of unbranched alkanes of at least 4 members (excludes halogenated alkanes) is 2. The lowest BCUT2D eigenvalue weighted by molar-refractivity contribution is -0.155. The highest BCUT2D eigenvalue weighted by Gasteiger charge is 2.77. The SMILES string of the molecule is C=CCCCOC(=O)[C@H]1[C@H]2C(=O)N(CCCO)C(C(=O)N(CC=C)CCCC)C23CC[C@]1(C)S3. The summed E-state index contributed by atoms with van der Waals surface area (Å²) >= 11 is 1.65. The summed E-state index contributed by atoms with van der Waals surface area (Å²) in [7, 11) is 0. The molecule has 3 aliphatic rings. The van der Waals surface area contributed by atoms with Crippen LogP contribution in [0.2, 0.25) is 0 Å². The molecular formula is C26H40N2O5S. The summed E-state index contributed by atoms with van der Waals surface area (Å²) in [5.41, 5.74) is 0. The van der Waals surface area contributed by atoms with Gasteiger partial charge in [0.05, 0.1) is 23.2 Å². The third-order valence-corrected chi connectivity index (χ3v) is 9.55. The topological polar surface area (TPSA) is 87.1 Å². The minimum atomic E-state index is -0.644. The first kappa shape index (κ1) is 26.8. The van der Waals surface area contributed by atoms with Crippen LogP contribution in [0.1, 0.15) is 58.8 Å². The van der Waals surface area contributed by atoms with E-state index >= 15 is 0 Å². The van der Waals surface area contributed by atoms with Crippen molar-refractivity contribution >= 4 is 29.5 Å². The Morgan fingerprint density at radius 2 is 2.03 bits per heavy atom. The summed E-state index contributed by atoms with van der Waals surface area (Å²) in [5.74, 6) is -1.69. The lowest BCUT2D eigenvalue weighted by atomic mass is 9.66. The van der Waals surface area contributed by atoms with Crippen LogP contribution in [0.5, 0.6) is 0 Å². The summed E-state index contributed by atoms with van der Waals surface area (Å²) in [6, 6.07) is -0.640. The summed E-state index contributed by atoms with van der Waals surface area (Å²) < 4.78 is 4.56. The molecule has 2 unspecified atom stereocenters. The van der Waals surface area contributed by atoms with E-state index < -0.39 is 27.4 Å². The van der Waals surface area contributed by atoms with Gasteiger partial charge in [0.15, 0.2) is 0 Å². The van der Waals surface area contributed by atoms with Gasteiger partial charge in [-0.05, 0) is 45.4 Å². The number of fused-ring (bicyclic) bond motifs is 1. The molecule has 0 aromatic heterocycles. The molecule has 0 saturated carbocycles. The van der Waals surface area contributed by atoms with Gasteiger partial charge in [-0.2, -0.15) is 0 Å². The Bertz CT molecular complexity index is 804. The van der Waals surface area contributed by atoms with Crippen LogP contribution >= 0.6 is 11.8 Å². The smallest absolute Gasteiger partial charge is 0.311 e. The molecule has 3 fully saturated rings. The molecule has 1 spiro atoms. The fourth-order valence-corrected chi connectivity index (χ4v) is 8.34.